The van der Waals surface area contributed by atoms with Crippen LogP contribution in [0.3, 0.4) is 0 Å². The highest BCUT2D eigenvalue weighted by Gasteiger charge is 2.38. The molecule has 1 heterocycles. The van der Waals surface area contributed by atoms with Crippen LogP contribution in [0.2, 0.25) is 0 Å². The van der Waals surface area contributed by atoms with Gasteiger partial charge in [0.15, 0.2) is 0 Å². The Labute approximate surface area is 320 Å². The summed E-state index contributed by atoms with van der Waals surface area (Å²) < 4.78 is 6.26. The zero-order valence-electron chi connectivity index (χ0n) is 30.8. The van der Waals surface area contributed by atoms with Gasteiger partial charge in [-0.15, -0.1) is 0 Å². The zero-order chi connectivity index (χ0) is 36.7. The average Bonchev–Trinajstić information content (AvgIpc) is 3.73. The van der Waals surface area contributed by atoms with E-state index in [4.69, 9.17) is 4.42 Å². The second kappa shape index (κ2) is 12.1. The maximum Gasteiger partial charge on any atom is 0.135 e. The third kappa shape index (κ3) is 4.88. The smallest absolute Gasteiger partial charge is 0.135 e. The van der Waals surface area contributed by atoms with Crippen molar-refractivity contribution in [2.45, 2.75) is 19.3 Å². The first-order valence-electron chi connectivity index (χ1n) is 19.1. The van der Waals surface area contributed by atoms with Crippen molar-refractivity contribution < 1.29 is 4.42 Å². The van der Waals surface area contributed by atoms with Crippen LogP contribution in [-0.2, 0) is 5.41 Å². The third-order valence-electron chi connectivity index (χ3n) is 11.8. The number of rotatable bonds is 5. The molecule has 0 bridgehead atoms. The molecule has 0 radical (unpaired) electrons. The van der Waals surface area contributed by atoms with E-state index in [1.807, 2.05) is 12.1 Å². The number of furan rings is 1. The van der Waals surface area contributed by atoms with Crippen LogP contribution < -0.4 is 4.90 Å². The van der Waals surface area contributed by atoms with Crippen molar-refractivity contribution in [2.24, 2.45) is 0 Å². The zero-order valence-corrected chi connectivity index (χ0v) is 30.8. The fourth-order valence-electron chi connectivity index (χ4n) is 9.24. The van der Waals surface area contributed by atoms with Crippen molar-refractivity contribution in [3.63, 3.8) is 0 Å². The van der Waals surface area contributed by atoms with E-state index in [-0.39, 0.29) is 5.41 Å². The normalized spacial score (nSPS) is 13.1. The molecular formula is C53H37NO. The highest BCUT2D eigenvalue weighted by Crippen LogP contribution is 2.55. The first kappa shape index (κ1) is 31.6. The predicted molar refractivity (Wildman–Crippen MR) is 232 cm³/mol. The molecule has 1 aliphatic rings. The van der Waals surface area contributed by atoms with E-state index in [0.717, 1.165) is 39.0 Å². The predicted octanol–water partition coefficient (Wildman–Crippen LogP) is 15.0. The highest BCUT2D eigenvalue weighted by molar-refractivity contribution is 6.08. The van der Waals surface area contributed by atoms with Gasteiger partial charge < -0.3 is 9.32 Å². The van der Waals surface area contributed by atoms with Crippen molar-refractivity contribution in [3.05, 3.63) is 199 Å². The van der Waals surface area contributed by atoms with Gasteiger partial charge in [0.2, 0.25) is 0 Å². The molecule has 1 aliphatic carbocycles. The lowest BCUT2D eigenvalue weighted by Gasteiger charge is -2.28. The Bertz CT molecular complexity index is 3130. The lowest BCUT2D eigenvalue weighted by molar-refractivity contribution is 0.666. The van der Waals surface area contributed by atoms with Gasteiger partial charge in [0, 0.05) is 33.1 Å². The largest absolute Gasteiger partial charge is 0.456 e. The summed E-state index contributed by atoms with van der Waals surface area (Å²) in [6.07, 6.45) is 0. The molecule has 0 spiro atoms. The molecule has 1 aromatic heterocycles. The van der Waals surface area contributed by atoms with E-state index in [9.17, 15) is 0 Å². The standard InChI is InChI=1S/C53H37NO/c1-53(2)47-21-11-8-20-44(47)51-45(32-37-16-6-7-18-42(37)52(51)53)38-25-24-36-31-39(27-26-35(36)30-38)54(48-22-12-9-17-41(48)34-14-4-3-5-15-34)40-28-29-50-46(33-40)43-19-10-13-23-49(43)55-50/h3-33H,1-2H3. The Morgan fingerprint density at radius 1 is 0.418 bits per heavy atom. The summed E-state index contributed by atoms with van der Waals surface area (Å²) in [4.78, 5) is 2.39. The summed E-state index contributed by atoms with van der Waals surface area (Å²) in [5.41, 5.74) is 15.4. The summed E-state index contributed by atoms with van der Waals surface area (Å²) in [6, 6.07) is 68.4. The van der Waals surface area contributed by atoms with Gasteiger partial charge in [0.25, 0.3) is 0 Å². The minimum absolute atomic E-state index is 0.0987. The molecule has 55 heavy (non-hydrogen) atoms. The van der Waals surface area contributed by atoms with E-state index >= 15 is 0 Å². The molecule has 11 rings (SSSR count). The number of benzene rings is 9. The van der Waals surface area contributed by atoms with E-state index in [0.29, 0.717) is 0 Å². The van der Waals surface area contributed by atoms with Crippen LogP contribution in [0.1, 0.15) is 25.0 Å². The second-order valence-corrected chi connectivity index (χ2v) is 15.3. The average molecular weight is 704 g/mol. The van der Waals surface area contributed by atoms with Gasteiger partial charge in [-0.1, -0.05) is 147 Å². The molecule has 0 atom stereocenters. The Balaban J connectivity index is 1.10. The fourth-order valence-corrected chi connectivity index (χ4v) is 9.24. The molecule has 0 amide bonds. The van der Waals surface area contributed by atoms with Gasteiger partial charge in [0.05, 0.1) is 5.69 Å². The SMILES string of the molecule is CC1(C)c2ccccc2-c2c(-c3ccc4cc(N(c5ccc6oc7ccccc7c6c5)c5ccccc5-c5ccccc5)ccc4c3)cc3ccccc3c21. The van der Waals surface area contributed by atoms with Gasteiger partial charge >= 0.3 is 0 Å². The molecule has 10 aromatic rings. The first-order chi connectivity index (χ1) is 27.0. The van der Waals surface area contributed by atoms with Crippen molar-refractivity contribution >= 4 is 60.5 Å². The van der Waals surface area contributed by atoms with Crippen LogP contribution in [0.4, 0.5) is 17.1 Å². The molecule has 0 fully saturated rings. The molecule has 0 unspecified atom stereocenters. The molecule has 0 aliphatic heterocycles. The van der Waals surface area contributed by atoms with Gasteiger partial charge in [-0.25, -0.2) is 0 Å². The van der Waals surface area contributed by atoms with E-state index in [1.165, 1.54) is 66.1 Å². The van der Waals surface area contributed by atoms with Crippen molar-refractivity contribution in [1.29, 1.82) is 0 Å². The molecule has 0 saturated heterocycles. The Morgan fingerprint density at radius 3 is 1.96 bits per heavy atom. The fraction of sp³-hybridized carbons (Fsp3) is 0.0566. The van der Waals surface area contributed by atoms with E-state index in [2.05, 4.69) is 195 Å². The van der Waals surface area contributed by atoms with Gasteiger partial charge in [-0.3, -0.25) is 0 Å². The van der Waals surface area contributed by atoms with Gasteiger partial charge in [-0.05, 0) is 115 Å². The van der Waals surface area contributed by atoms with Gasteiger partial charge in [0.1, 0.15) is 11.2 Å². The minimum atomic E-state index is -0.0987. The third-order valence-corrected chi connectivity index (χ3v) is 11.8. The number of nitrogens with zero attached hydrogens (tertiary/aromatic N) is 1. The maximum absolute atomic E-state index is 6.26. The van der Waals surface area contributed by atoms with Crippen LogP contribution in [-0.4, -0.2) is 0 Å². The molecule has 260 valence electrons. The quantitative estimate of drug-likeness (QED) is 0.177. The van der Waals surface area contributed by atoms with Crippen LogP contribution >= 0.6 is 0 Å². The number of anilines is 3. The van der Waals surface area contributed by atoms with Crippen molar-refractivity contribution in [2.75, 3.05) is 4.90 Å². The van der Waals surface area contributed by atoms with Crippen molar-refractivity contribution in [1.82, 2.24) is 0 Å². The van der Waals surface area contributed by atoms with Crippen LogP contribution in [0.15, 0.2) is 192 Å². The van der Waals surface area contributed by atoms with Crippen LogP contribution in [0.5, 0.6) is 0 Å². The molecule has 2 heteroatoms. The molecule has 0 saturated carbocycles. The number of fused-ring (bicyclic) bond motifs is 9. The minimum Gasteiger partial charge on any atom is -0.456 e. The van der Waals surface area contributed by atoms with E-state index in [1.54, 1.807) is 0 Å². The summed E-state index contributed by atoms with van der Waals surface area (Å²) in [6.45, 7) is 4.76. The maximum atomic E-state index is 6.26. The molecule has 2 nitrogen and oxygen atoms in total. The summed E-state index contributed by atoms with van der Waals surface area (Å²) >= 11 is 0. The number of hydrogen-bond acceptors (Lipinski definition) is 2. The highest BCUT2D eigenvalue weighted by atomic mass is 16.3. The molecule has 0 N–H and O–H groups in total. The molecular weight excluding hydrogens is 667 g/mol. The van der Waals surface area contributed by atoms with Crippen LogP contribution in [0.25, 0.3) is 76.9 Å². The second-order valence-electron chi connectivity index (χ2n) is 15.3. The number of para-hydroxylation sites is 2. The summed E-state index contributed by atoms with van der Waals surface area (Å²) in [5.74, 6) is 0. The molecule has 9 aromatic carbocycles. The monoisotopic (exact) mass is 703 g/mol. The first-order valence-corrected chi connectivity index (χ1v) is 19.1. The van der Waals surface area contributed by atoms with Crippen LogP contribution in [0, 0.1) is 0 Å². The number of hydrogen-bond donors (Lipinski definition) is 0. The summed E-state index contributed by atoms with van der Waals surface area (Å²) in [5, 5.41) is 7.24. The lowest BCUT2D eigenvalue weighted by atomic mass is 9.79. The topological polar surface area (TPSA) is 16.4 Å². The Kier molecular flexibility index (Phi) is 6.93. The van der Waals surface area contributed by atoms with E-state index < -0.39 is 0 Å². The lowest BCUT2D eigenvalue weighted by Crippen LogP contribution is -2.15. The van der Waals surface area contributed by atoms with Gasteiger partial charge in [-0.2, -0.15) is 0 Å². The Hall–Kier alpha value is -6.90. The Morgan fingerprint density at radius 2 is 1.07 bits per heavy atom. The summed E-state index contributed by atoms with van der Waals surface area (Å²) in [7, 11) is 0. The van der Waals surface area contributed by atoms with Crippen molar-refractivity contribution in [3.8, 4) is 33.4 Å².